The second kappa shape index (κ2) is 7.60. The van der Waals surface area contributed by atoms with Crippen LogP contribution in [-0.4, -0.2) is 36.5 Å². The van der Waals surface area contributed by atoms with Crippen LogP contribution in [0.1, 0.15) is 42.9 Å². The van der Waals surface area contributed by atoms with Gasteiger partial charge in [-0.25, -0.2) is 0 Å². The predicted octanol–water partition coefficient (Wildman–Crippen LogP) is 2.84. The first-order valence-electron chi connectivity index (χ1n) is 8.17. The molecule has 21 heavy (non-hydrogen) atoms. The van der Waals surface area contributed by atoms with Crippen molar-refractivity contribution in [2.24, 2.45) is 0 Å². The number of hydrogen-bond donors (Lipinski definition) is 1. The summed E-state index contributed by atoms with van der Waals surface area (Å²) >= 11 is 0. The molecule has 1 aliphatic heterocycles. The first-order valence-corrected chi connectivity index (χ1v) is 8.17. The van der Waals surface area contributed by atoms with E-state index >= 15 is 0 Å². The standard InChI is InChI=1S/C18H28N2O/c1-4-20-10-6-5-7-17(20)13-19-18(21)12-16-11-14(2)8-9-15(16)3/h8-9,11,17H,4-7,10,12-13H2,1-3H3,(H,19,21). The van der Waals surface area contributed by atoms with Crippen LogP contribution < -0.4 is 5.32 Å². The lowest BCUT2D eigenvalue weighted by Crippen LogP contribution is -2.46. The van der Waals surface area contributed by atoms with E-state index < -0.39 is 0 Å². The van der Waals surface area contributed by atoms with E-state index in [2.05, 4.69) is 49.2 Å². The lowest BCUT2D eigenvalue weighted by Gasteiger charge is -2.34. The van der Waals surface area contributed by atoms with Gasteiger partial charge in [0.2, 0.25) is 5.91 Å². The quantitative estimate of drug-likeness (QED) is 0.903. The monoisotopic (exact) mass is 288 g/mol. The molecule has 0 spiro atoms. The molecule has 1 atom stereocenters. The highest BCUT2D eigenvalue weighted by Crippen LogP contribution is 2.16. The number of aryl methyl sites for hydroxylation is 2. The molecule has 1 amide bonds. The molecule has 0 aliphatic carbocycles. The number of likely N-dealkylation sites (tertiary alicyclic amines) is 1. The zero-order chi connectivity index (χ0) is 15.2. The van der Waals surface area contributed by atoms with E-state index in [1.807, 2.05) is 0 Å². The molecule has 0 aromatic heterocycles. The zero-order valence-electron chi connectivity index (χ0n) is 13.6. The molecule has 1 aliphatic rings. The molecule has 1 heterocycles. The second-order valence-electron chi connectivity index (χ2n) is 6.19. The summed E-state index contributed by atoms with van der Waals surface area (Å²) in [6.07, 6.45) is 4.28. The summed E-state index contributed by atoms with van der Waals surface area (Å²) in [6, 6.07) is 6.83. The molecule has 1 fully saturated rings. The summed E-state index contributed by atoms with van der Waals surface area (Å²) in [7, 11) is 0. The Kier molecular flexibility index (Phi) is 5.80. The maximum atomic E-state index is 12.2. The van der Waals surface area contributed by atoms with Crippen molar-refractivity contribution in [2.45, 2.75) is 52.5 Å². The van der Waals surface area contributed by atoms with Gasteiger partial charge in [-0.05, 0) is 50.9 Å². The van der Waals surface area contributed by atoms with Crippen LogP contribution in [0.5, 0.6) is 0 Å². The van der Waals surface area contributed by atoms with Gasteiger partial charge < -0.3 is 5.32 Å². The van der Waals surface area contributed by atoms with Gasteiger partial charge in [-0.1, -0.05) is 37.1 Å². The number of benzene rings is 1. The molecule has 0 radical (unpaired) electrons. The Bertz CT molecular complexity index is 484. The average molecular weight is 288 g/mol. The highest BCUT2D eigenvalue weighted by Gasteiger charge is 2.21. The minimum absolute atomic E-state index is 0.144. The van der Waals surface area contributed by atoms with E-state index in [1.54, 1.807) is 0 Å². The molecule has 3 heteroatoms. The van der Waals surface area contributed by atoms with Gasteiger partial charge >= 0.3 is 0 Å². The van der Waals surface area contributed by atoms with Crippen LogP contribution in [0.4, 0.5) is 0 Å². The molecule has 1 aromatic rings. The molecule has 1 aromatic carbocycles. The van der Waals surface area contributed by atoms with Crippen molar-refractivity contribution < 1.29 is 4.79 Å². The Morgan fingerprint density at radius 2 is 2.14 bits per heavy atom. The third kappa shape index (κ3) is 4.57. The van der Waals surface area contributed by atoms with Crippen LogP contribution >= 0.6 is 0 Å². The molecule has 116 valence electrons. The molecule has 0 bridgehead atoms. The Morgan fingerprint density at radius 3 is 2.90 bits per heavy atom. The van der Waals surface area contributed by atoms with Crippen LogP contribution in [0.15, 0.2) is 18.2 Å². The van der Waals surface area contributed by atoms with E-state index in [0.29, 0.717) is 12.5 Å². The maximum Gasteiger partial charge on any atom is 0.224 e. The minimum Gasteiger partial charge on any atom is -0.354 e. The summed E-state index contributed by atoms with van der Waals surface area (Å²) in [5.74, 6) is 0.144. The summed E-state index contributed by atoms with van der Waals surface area (Å²) < 4.78 is 0. The van der Waals surface area contributed by atoms with Gasteiger partial charge in [0.1, 0.15) is 0 Å². The van der Waals surface area contributed by atoms with E-state index in [4.69, 9.17) is 0 Å². The van der Waals surface area contributed by atoms with E-state index in [1.165, 1.54) is 36.9 Å². The normalized spacial score (nSPS) is 19.5. The van der Waals surface area contributed by atoms with Gasteiger partial charge in [0.25, 0.3) is 0 Å². The smallest absolute Gasteiger partial charge is 0.224 e. The molecule has 2 rings (SSSR count). The Hall–Kier alpha value is -1.35. The van der Waals surface area contributed by atoms with Gasteiger partial charge in [-0.15, -0.1) is 0 Å². The van der Waals surface area contributed by atoms with Crippen molar-refractivity contribution in [1.29, 1.82) is 0 Å². The van der Waals surface area contributed by atoms with Crippen molar-refractivity contribution in [3.63, 3.8) is 0 Å². The second-order valence-corrected chi connectivity index (χ2v) is 6.19. The third-order valence-corrected chi connectivity index (χ3v) is 4.55. The molecule has 3 nitrogen and oxygen atoms in total. The fourth-order valence-corrected chi connectivity index (χ4v) is 3.17. The number of carbonyl (C=O) groups excluding carboxylic acids is 1. The van der Waals surface area contributed by atoms with Gasteiger partial charge in [0.05, 0.1) is 6.42 Å². The van der Waals surface area contributed by atoms with Crippen molar-refractivity contribution in [1.82, 2.24) is 10.2 Å². The van der Waals surface area contributed by atoms with Crippen LogP contribution in [0.25, 0.3) is 0 Å². The number of amides is 1. The van der Waals surface area contributed by atoms with Crippen LogP contribution in [0.2, 0.25) is 0 Å². The van der Waals surface area contributed by atoms with Crippen LogP contribution in [-0.2, 0) is 11.2 Å². The molecular weight excluding hydrogens is 260 g/mol. The Morgan fingerprint density at radius 1 is 1.33 bits per heavy atom. The number of likely N-dealkylation sites (N-methyl/N-ethyl adjacent to an activating group) is 1. The van der Waals surface area contributed by atoms with Gasteiger partial charge in [-0.3, -0.25) is 9.69 Å². The highest BCUT2D eigenvalue weighted by molar-refractivity contribution is 5.79. The van der Waals surface area contributed by atoms with E-state index in [0.717, 1.165) is 18.7 Å². The van der Waals surface area contributed by atoms with Gasteiger partial charge in [0, 0.05) is 12.6 Å². The largest absolute Gasteiger partial charge is 0.354 e. The SMILES string of the molecule is CCN1CCCCC1CNC(=O)Cc1cc(C)ccc1C. The Labute approximate surface area is 128 Å². The fourth-order valence-electron chi connectivity index (χ4n) is 3.17. The first kappa shape index (κ1) is 16.0. The average Bonchev–Trinajstić information content (AvgIpc) is 2.49. The van der Waals surface area contributed by atoms with E-state index in [-0.39, 0.29) is 5.91 Å². The number of carbonyl (C=O) groups is 1. The van der Waals surface area contributed by atoms with Gasteiger partial charge in [0.15, 0.2) is 0 Å². The fraction of sp³-hybridized carbons (Fsp3) is 0.611. The molecule has 1 unspecified atom stereocenters. The molecule has 1 N–H and O–H groups in total. The zero-order valence-corrected chi connectivity index (χ0v) is 13.6. The lowest BCUT2D eigenvalue weighted by atomic mass is 10.0. The first-order chi connectivity index (χ1) is 10.1. The molecule has 1 saturated heterocycles. The molecule has 0 saturated carbocycles. The third-order valence-electron chi connectivity index (χ3n) is 4.55. The number of hydrogen-bond acceptors (Lipinski definition) is 2. The van der Waals surface area contributed by atoms with Crippen LogP contribution in [0.3, 0.4) is 0 Å². The lowest BCUT2D eigenvalue weighted by molar-refractivity contribution is -0.120. The predicted molar refractivity (Wildman–Crippen MR) is 87.5 cm³/mol. The van der Waals surface area contributed by atoms with E-state index in [9.17, 15) is 4.79 Å². The minimum atomic E-state index is 0.144. The molecular formula is C18H28N2O. The summed E-state index contributed by atoms with van der Waals surface area (Å²) in [6.45, 7) is 9.39. The van der Waals surface area contributed by atoms with Crippen molar-refractivity contribution in [3.8, 4) is 0 Å². The summed E-state index contributed by atoms with van der Waals surface area (Å²) in [5.41, 5.74) is 3.56. The summed E-state index contributed by atoms with van der Waals surface area (Å²) in [4.78, 5) is 14.7. The Balaban J connectivity index is 1.85. The van der Waals surface area contributed by atoms with Gasteiger partial charge in [-0.2, -0.15) is 0 Å². The number of nitrogens with zero attached hydrogens (tertiary/aromatic N) is 1. The topological polar surface area (TPSA) is 32.3 Å². The maximum absolute atomic E-state index is 12.2. The van der Waals surface area contributed by atoms with Crippen LogP contribution in [0, 0.1) is 13.8 Å². The number of nitrogens with one attached hydrogen (secondary N) is 1. The highest BCUT2D eigenvalue weighted by atomic mass is 16.1. The van der Waals surface area contributed by atoms with Crippen molar-refractivity contribution >= 4 is 5.91 Å². The number of piperidine rings is 1. The van der Waals surface area contributed by atoms with Crippen molar-refractivity contribution in [3.05, 3.63) is 34.9 Å². The summed E-state index contributed by atoms with van der Waals surface area (Å²) in [5, 5.41) is 3.13. The number of rotatable bonds is 5. The van der Waals surface area contributed by atoms with Crippen molar-refractivity contribution in [2.75, 3.05) is 19.6 Å².